The first-order valence-corrected chi connectivity index (χ1v) is 5.06. The number of hydrogen-bond acceptors (Lipinski definition) is 1. The minimum absolute atomic E-state index is 0.311. The summed E-state index contributed by atoms with van der Waals surface area (Å²) >= 11 is 0. The Kier molecular flexibility index (Phi) is 8.90. The lowest BCUT2D eigenvalue weighted by Gasteiger charge is -2.03. The van der Waals surface area contributed by atoms with Crippen LogP contribution < -0.4 is 0 Å². The largest absolute Gasteiger partial charge is 0.393 e. The number of rotatable bonds is 8. The normalized spacial score (nSPS) is 13.2. The number of aliphatic hydroxyl groups is 1. The second-order valence-corrected chi connectivity index (χ2v) is 3.34. The summed E-state index contributed by atoms with van der Waals surface area (Å²) in [5.74, 6) is 0. The molecular formula is C10H21FO. The Balaban J connectivity index is 2.90. The van der Waals surface area contributed by atoms with Crippen LogP contribution in [0.25, 0.3) is 0 Å². The van der Waals surface area contributed by atoms with Gasteiger partial charge < -0.3 is 5.11 Å². The molecule has 0 saturated heterocycles. The van der Waals surface area contributed by atoms with Gasteiger partial charge in [-0.15, -0.1) is 0 Å². The molecule has 0 aliphatic heterocycles. The van der Waals surface area contributed by atoms with Gasteiger partial charge in [-0.25, -0.2) is 4.39 Å². The SMILES string of the molecule is CCCCCCCC[C@H](F)CO. The quantitative estimate of drug-likeness (QED) is 0.563. The standard InChI is InChI=1S/C10H21FO/c1-2-3-4-5-6-7-8-10(11)9-12/h10,12H,2-9H2,1H3/t10-/m0/s1. The van der Waals surface area contributed by atoms with Gasteiger partial charge in [0.05, 0.1) is 6.61 Å². The zero-order valence-electron chi connectivity index (χ0n) is 8.06. The molecule has 0 aromatic carbocycles. The van der Waals surface area contributed by atoms with Crippen molar-refractivity contribution in [2.24, 2.45) is 0 Å². The average molecular weight is 176 g/mol. The van der Waals surface area contributed by atoms with Crippen molar-refractivity contribution in [3.63, 3.8) is 0 Å². The lowest BCUT2D eigenvalue weighted by atomic mass is 10.1. The molecule has 0 aromatic heterocycles. The van der Waals surface area contributed by atoms with E-state index in [0.29, 0.717) is 6.42 Å². The molecule has 1 nitrogen and oxygen atoms in total. The van der Waals surface area contributed by atoms with E-state index in [4.69, 9.17) is 5.11 Å². The second-order valence-electron chi connectivity index (χ2n) is 3.34. The van der Waals surface area contributed by atoms with Crippen LogP contribution in [0.5, 0.6) is 0 Å². The molecule has 0 heterocycles. The summed E-state index contributed by atoms with van der Waals surface area (Å²) in [4.78, 5) is 0. The molecule has 2 heteroatoms. The molecule has 0 radical (unpaired) electrons. The van der Waals surface area contributed by atoms with Crippen LogP contribution in [-0.4, -0.2) is 17.9 Å². The van der Waals surface area contributed by atoms with Crippen LogP contribution in [0.15, 0.2) is 0 Å². The highest BCUT2D eigenvalue weighted by atomic mass is 19.1. The average Bonchev–Trinajstić information content (AvgIpc) is 2.10. The van der Waals surface area contributed by atoms with E-state index in [2.05, 4.69) is 6.92 Å². The minimum Gasteiger partial charge on any atom is -0.393 e. The molecule has 0 bridgehead atoms. The predicted molar refractivity (Wildman–Crippen MR) is 50.0 cm³/mol. The Morgan fingerprint density at radius 1 is 1.08 bits per heavy atom. The number of aliphatic hydroxyl groups excluding tert-OH is 1. The Morgan fingerprint density at radius 2 is 1.67 bits per heavy atom. The van der Waals surface area contributed by atoms with Gasteiger partial charge in [-0.2, -0.15) is 0 Å². The number of alkyl halides is 1. The molecule has 0 saturated carbocycles. The molecule has 12 heavy (non-hydrogen) atoms. The Bertz CT molecular complexity index is 85.9. The van der Waals surface area contributed by atoms with Crippen molar-refractivity contribution in [3.05, 3.63) is 0 Å². The van der Waals surface area contributed by atoms with Crippen molar-refractivity contribution in [1.82, 2.24) is 0 Å². The molecule has 1 atom stereocenters. The second kappa shape index (κ2) is 8.98. The first-order valence-electron chi connectivity index (χ1n) is 5.06. The molecule has 0 aromatic rings. The van der Waals surface area contributed by atoms with Crippen LogP contribution in [0.2, 0.25) is 0 Å². The van der Waals surface area contributed by atoms with Crippen molar-refractivity contribution in [3.8, 4) is 0 Å². The summed E-state index contributed by atoms with van der Waals surface area (Å²) in [5, 5.41) is 8.40. The van der Waals surface area contributed by atoms with Gasteiger partial charge in [-0.3, -0.25) is 0 Å². The maximum absolute atomic E-state index is 12.5. The van der Waals surface area contributed by atoms with Gasteiger partial charge in [0.15, 0.2) is 0 Å². The Morgan fingerprint density at radius 3 is 2.25 bits per heavy atom. The first kappa shape index (κ1) is 11.9. The fourth-order valence-corrected chi connectivity index (χ4v) is 1.24. The van der Waals surface area contributed by atoms with Crippen molar-refractivity contribution in [1.29, 1.82) is 0 Å². The van der Waals surface area contributed by atoms with Crippen molar-refractivity contribution < 1.29 is 9.50 Å². The topological polar surface area (TPSA) is 20.2 Å². The van der Waals surface area contributed by atoms with Gasteiger partial charge in [-0.1, -0.05) is 45.4 Å². The van der Waals surface area contributed by atoms with Gasteiger partial charge in [0.2, 0.25) is 0 Å². The van der Waals surface area contributed by atoms with Crippen molar-refractivity contribution in [2.75, 3.05) is 6.61 Å². The van der Waals surface area contributed by atoms with Gasteiger partial charge in [0.1, 0.15) is 6.17 Å². The van der Waals surface area contributed by atoms with Gasteiger partial charge in [0.25, 0.3) is 0 Å². The fraction of sp³-hybridized carbons (Fsp3) is 1.00. The highest BCUT2D eigenvalue weighted by Gasteiger charge is 2.02. The van der Waals surface area contributed by atoms with E-state index in [1.54, 1.807) is 0 Å². The van der Waals surface area contributed by atoms with Crippen LogP contribution in [-0.2, 0) is 0 Å². The van der Waals surface area contributed by atoms with E-state index in [9.17, 15) is 4.39 Å². The predicted octanol–water partition coefficient (Wildman–Crippen LogP) is 3.07. The van der Waals surface area contributed by atoms with Crippen molar-refractivity contribution in [2.45, 2.75) is 58.0 Å². The molecular weight excluding hydrogens is 155 g/mol. The lowest BCUT2D eigenvalue weighted by Crippen LogP contribution is -2.04. The van der Waals surface area contributed by atoms with Crippen LogP contribution in [0.1, 0.15) is 51.9 Å². The maximum Gasteiger partial charge on any atom is 0.123 e. The molecule has 1 N–H and O–H groups in total. The monoisotopic (exact) mass is 176 g/mol. The fourth-order valence-electron chi connectivity index (χ4n) is 1.24. The van der Waals surface area contributed by atoms with E-state index in [1.165, 1.54) is 25.7 Å². The molecule has 0 spiro atoms. The molecule has 0 aliphatic rings. The molecule has 0 amide bonds. The summed E-state index contributed by atoms with van der Waals surface area (Å²) < 4.78 is 12.5. The van der Waals surface area contributed by atoms with E-state index in [-0.39, 0.29) is 6.61 Å². The lowest BCUT2D eigenvalue weighted by molar-refractivity contribution is 0.167. The summed E-state index contributed by atoms with van der Waals surface area (Å²) in [6, 6.07) is 0. The molecule has 74 valence electrons. The highest BCUT2D eigenvalue weighted by Crippen LogP contribution is 2.09. The van der Waals surface area contributed by atoms with Crippen LogP contribution in [0, 0.1) is 0 Å². The zero-order valence-corrected chi connectivity index (χ0v) is 8.06. The van der Waals surface area contributed by atoms with Crippen LogP contribution >= 0.6 is 0 Å². The van der Waals surface area contributed by atoms with E-state index >= 15 is 0 Å². The van der Waals surface area contributed by atoms with Crippen molar-refractivity contribution >= 4 is 0 Å². The molecule has 0 fully saturated rings. The Labute approximate surface area is 75.0 Å². The molecule has 0 unspecified atom stereocenters. The van der Waals surface area contributed by atoms with E-state index < -0.39 is 6.17 Å². The number of halogens is 1. The van der Waals surface area contributed by atoms with Crippen LogP contribution in [0.4, 0.5) is 4.39 Å². The third kappa shape index (κ3) is 7.99. The van der Waals surface area contributed by atoms with E-state index in [0.717, 1.165) is 12.8 Å². The number of unbranched alkanes of at least 4 members (excludes halogenated alkanes) is 5. The smallest absolute Gasteiger partial charge is 0.123 e. The van der Waals surface area contributed by atoms with Gasteiger partial charge >= 0.3 is 0 Å². The summed E-state index contributed by atoms with van der Waals surface area (Å²) in [6.45, 7) is 1.87. The third-order valence-corrected chi connectivity index (χ3v) is 2.07. The summed E-state index contributed by atoms with van der Waals surface area (Å²) in [6.07, 6.45) is 6.60. The van der Waals surface area contributed by atoms with Crippen LogP contribution in [0.3, 0.4) is 0 Å². The van der Waals surface area contributed by atoms with Gasteiger partial charge in [0, 0.05) is 0 Å². The summed E-state index contributed by atoms with van der Waals surface area (Å²) in [5.41, 5.74) is 0. The van der Waals surface area contributed by atoms with Gasteiger partial charge in [-0.05, 0) is 6.42 Å². The maximum atomic E-state index is 12.5. The Hall–Kier alpha value is -0.110. The third-order valence-electron chi connectivity index (χ3n) is 2.07. The zero-order chi connectivity index (χ0) is 9.23. The minimum atomic E-state index is -0.990. The molecule has 0 aliphatic carbocycles. The first-order chi connectivity index (χ1) is 5.81. The molecule has 0 rings (SSSR count). The summed E-state index contributed by atoms with van der Waals surface area (Å²) in [7, 11) is 0. The number of hydrogen-bond donors (Lipinski definition) is 1. The highest BCUT2D eigenvalue weighted by molar-refractivity contribution is 4.53. The van der Waals surface area contributed by atoms with E-state index in [1.807, 2.05) is 0 Å².